The van der Waals surface area contributed by atoms with E-state index in [2.05, 4.69) is 10.3 Å². The van der Waals surface area contributed by atoms with Gasteiger partial charge in [-0.2, -0.15) is 0 Å². The van der Waals surface area contributed by atoms with E-state index in [0.29, 0.717) is 36.9 Å². The van der Waals surface area contributed by atoms with Crippen molar-refractivity contribution in [3.05, 3.63) is 58.4 Å². The predicted octanol–water partition coefficient (Wildman–Crippen LogP) is 1.38. The average Bonchev–Trinajstić information content (AvgIpc) is 3.13. The minimum Gasteiger partial charge on any atom is -0.494 e. The maximum atomic E-state index is 12.6. The highest BCUT2D eigenvalue weighted by Gasteiger charge is 2.21. The number of pyridine rings is 2. The van der Waals surface area contributed by atoms with Crippen molar-refractivity contribution in [1.82, 2.24) is 14.0 Å². The Kier molecular flexibility index (Phi) is 4.84. The van der Waals surface area contributed by atoms with Crippen LogP contribution in [0, 0.1) is 0 Å². The first-order valence-electron chi connectivity index (χ1n) is 8.80. The molecule has 9 heteroatoms. The second-order valence-electron chi connectivity index (χ2n) is 6.41. The van der Waals surface area contributed by atoms with Gasteiger partial charge in [0.2, 0.25) is 0 Å². The summed E-state index contributed by atoms with van der Waals surface area (Å²) in [6.45, 7) is 1.55. The van der Waals surface area contributed by atoms with Crippen LogP contribution in [0.1, 0.15) is 22.2 Å². The molecule has 146 valence electrons. The van der Waals surface area contributed by atoms with Gasteiger partial charge in [-0.3, -0.25) is 9.59 Å². The van der Waals surface area contributed by atoms with Crippen molar-refractivity contribution in [1.29, 1.82) is 0 Å². The van der Waals surface area contributed by atoms with Gasteiger partial charge in [0.25, 0.3) is 11.5 Å². The lowest BCUT2D eigenvalue weighted by Gasteiger charge is -2.20. The first-order chi connectivity index (χ1) is 13.6. The smallest absolute Gasteiger partial charge is 0.263 e. The summed E-state index contributed by atoms with van der Waals surface area (Å²) in [5, 5.41) is 2.74. The number of ether oxygens (including phenoxy) is 3. The lowest BCUT2D eigenvalue weighted by Crippen LogP contribution is -2.27. The van der Waals surface area contributed by atoms with Crippen LogP contribution in [0.5, 0.6) is 5.75 Å². The zero-order valence-electron chi connectivity index (χ0n) is 15.5. The largest absolute Gasteiger partial charge is 0.494 e. The number of nitrogens with zero attached hydrogens (tertiary/aromatic N) is 3. The number of methoxy groups -OCH3 is 1. The molecule has 0 radical (unpaired) electrons. The van der Waals surface area contributed by atoms with Crippen LogP contribution in [0.25, 0.3) is 5.65 Å². The Labute approximate surface area is 160 Å². The van der Waals surface area contributed by atoms with E-state index in [1.807, 2.05) is 6.20 Å². The van der Waals surface area contributed by atoms with Gasteiger partial charge in [0.15, 0.2) is 0 Å². The van der Waals surface area contributed by atoms with Crippen molar-refractivity contribution in [3.8, 4) is 5.75 Å². The third-order valence-corrected chi connectivity index (χ3v) is 4.56. The molecule has 0 saturated carbocycles. The van der Waals surface area contributed by atoms with Crippen molar-refractivity contribution in [2.75, 3.05) is 32.2 Å². The van der Waals surface area contributed by atoms with Crippen LogP contribution >= 0.6 is 0 Å². The van der Waals surface area contributed by atoms with Gasteiger partial charge in [-0.15, -0.1) is 0 Å². The molecule has 9 nitrogen and oxygen atoms in total. The number of aromatic nitrogens is 3. The molecule has 3 aromatic rings. The summed E-state index contributed by atoms with van der Waals surface area (Å²) in [5.41, 5.74) is 1.48. The number of imidazole rings is 1. The minimum absolute atomic E-state index is 0.0474. The van der Waals surface area contributed by atoms with E-state index in [9.17, 15) is 9.59 Å². The second kappa shape index (κ2) is 7.45. The number of aryl methyl sites for hydroxylation is 1. The maximum Gasteiger partial charge on any atom is 0.263 e. The van der Waals surface area contributed by atoms with Gasteiger partial charge in [0.05, 0.1) is 32.6 Å². The molecule has 0 spiro atoms. The predicted molar refractivity (Wildman–Crippen MR) is 101 cm³/mol. The molecule has 3 aromatic heterocycles. The van der Waals surface area contributed by atoms with Gasteiger partial charge in [0.1, 0.15) is 28.8 Å². The van der Waals surface area contributed by atoms with Crippen LogP contribution < -0.4 is 15.6 Å². The number of carbonyl (C=O) groups excluding carboxylic acids is 1. The molecule has 0 aromatic carbocycles. The van der Waals surface area contributed by atoms with Crippen molar-refractivity contribution < 1.29 is 19.0 Å². The SMILES string of the molecule is COc1cc2nc(C3COCCO3)cn2cc1NC(=O)c1cccn(C)c1=O. The molecule has 0 aliphatic carbocycles. The van der Waals surface area contributed by atoms with Gasteiger partial charge in [-0.1, -0.05) is 0 Å². The molecule has 1 amide bonds. The fourth-order valence-electron chi connectivity index (χ4n) is 3.07. The Balaban J connectivity index is 1.67. The molecule has 1 N–H and O–H groups in total. The summed E-state index contributed by atoms with van der Waals surface area (Å²) in [4.78, 5) is 29.3. The molecule has 4 heterocycles. The molecule has 1 aliphatic rings. The van der Waals surface area contributed by atoms with Gasteiger partial charge in [0, 0.05) is 31.7 Å². The lowest BCUT2D eigenvalue weighted by molar-refractivity contribution is -0.0916. The van der Waals surface area contributed by atoms with Crippen LogP contribution in [0.2, 0.25) is 0 Å². The first-order valence-corrected chi connectivity index (χ1v) is 8.80. The van der Waals surface area contributed by atoms with E-state index in [1.165, 1.54) is 17.7 Å². The Morgan fingerprint density at radius 3 is 2.96 bits per heavy atom. The van der Waals surface area contributed by atoms with Crippen LogP contribution in [0.4, 0.5) is 5.69 Å². The van der Waals surface area contributed by atoms with Gasteiger partial charge in [-0.05, 0) is 12.1 Å². The molecule has 1 atom stereocenters. The zero-order valence-corrected chi connectivity index (χ0v) is 15.5. The number of fused-ring (bicyclic) bond motifs is 1. The summed E-state index contributed by atoms with van der Waals surface area (Å²) in [6, 6.07) is 4.84. The van der Waals surface area contributed by atoms with E-state index in [0.717, 1.165) is 5.69 Å². The molecule has 1 aliphatic heterocycles. The summed E-state index contributed by atoms with van der Waals surface area (Å²) in [5.74, 6) is -0.0743. The average molecular weight is 384 g/mol. The highest BCUT2D eigenvalue weighted by molar-refractivity contribution is 6.04. The standard InChI is InChI=1S/C19H20N4O5/c1-22-5-3-4-12(19(22)25)18(24)21-13-9-23-10-14(16-11-27-6-7-28-16)20-17(23)8-15(13)26-2/h3-5,8-10,16H,6-7,11H2,1-2H3,(H,21,24). The monoisotopic (exact) mass is 384 g/mol. The molecule has 1 unspecified atom stereocenters. The van der Waals surface area contributed by atoms with Crippen molar-refractivity contribution in [3.63, 3.8) is 0 Å². The Hall–Kier alpha value is -3.17. The molecule has 0 bridgehead atoms. The van der Waals surface area contributed by atoms with Crippen molar-refractivity contribution in [2.24, 2.45) is 7.05 Å². The highest BCUT2D eigenvalue weighted by atomic mass is 16.6. The van der Waals surface area contributed by atoms with E-state index in [4.69, 9.17) is 14.2 Å². The van der Waals surface area contributed by atoms with E-state index >= 15 is 0 Å². The Bertz CT molecular complexity index is 1080. The van der Waals surface area contributed by atoms with Crippen LogP contribution in [0.15, 0.2) is 41.6 Å². The van der Waals surface area contributed by atoms with E-state index in [1.54, 1.807) is 36.0 Å². The number of rotatable bonds is 4. The summed E-state index contributed by atoms with van der Waals surface area (Å²) < 4.78 is 19.6. The molecular weight excluding hydrogens is 364 g/mol. The summed E-state index contributed by atoms with van der Waals surface area (Å²) in [7, 11) is 3.10. The summed E-state index contributed by atoms with van der Waals surface area (Å²) in [6.07, 6.45) is 4.88. The highest BCUT2D eigenvalue weighted by Crippen LogP contribution is 2.28. The zero-order chi connectivity index (χ0) is 19.7. The fourth-order valence-corrected chi connectivity index (χ4v) is 3.07. The molecule has 1 saturated heterocycles. The molecule has 28 heavy (non-hydrogen) atoms. The number of nitrogens with one attached hydrogen (secondary N) is 1. The first kappa shape index (κ1) is 18.2. The maximum absolute atomic E-state index is 12.6. The van der Waals surface area contributed by atoms with E-state index < -0.39 is 5.91 Å². The number of hydrogen-bond acceptors (Lipinski definition) is 6. The Morgan fingerprint density at radius 1 is 1.36 bits per heavy atom. The fraction of sp³-hybridized carbons (Fsp3) is 0.316. The molecule has 4 rings (SSSR count). The molecule has 1 fully saturated rings. The van der Waals surface area contributed by atoms with Gasteiger partial charge >= 0.3 is 0 Å². The molecular formula is C19H20N4O5. The Morgan fingerprint density at radius 2 is 2.21 bits per heavy atom. The lowest BCUT2D eigenvalue weighted by atomic mass is 10.2. The third-order valence-electron chi connectivity index (χ3n) is 4.56. The van der Waals surface area contributed by atoms with Crippen molar-refractivity contribution >= 4 is 17.2 Å². The van der Waals surface area contributed by atoms with Crippen LogP contribution in [-0.4, -0.2) is 46.8 Å². The summed E-state index contributed by atoms with van der Waals surface area (Å²) >= 11 is 0. The second-order valence-corrected chi connectivity index (χ2v) is 6.41. The number of hydrogen-bond donors (Lipinski definition) is 1. The van der Waals surface area contributed by atoms with E-state index in [-0.39, 0.29) is 17.2 Å². The number of anilines is 1. The van der Waals surface area contributed by atoms with Gasteiger partial charge in [-0.25, -0.2) is 4.98 Å². The number of amides is 1. The topological polar surface area (TPSA) is 96.1 Å². The third kappa shape index (κ3) is 3.37. The number of carbonyl (C=O) groups is 1. The van der Waals surface area contributed by atoms with Crippen LogP contribution in [-0.2, 0) is 16.5 Å². The van der Waals surface area contributed by atoms with Crippen molar-refractivity contribution in [2.45, 2.75) is 6.10 Å². The van der Waals surface area contributed by atoms with Crippen LogP contribution in [0.3, 0.4) is 0 Å². The van der Waals surface area contributed by atoms with Gasteiger partial charge < -0.3 is 28.5 Å². The minimum atomic E-state index is -0.511. The quantitative estimate of drug-likeness (QED) is 0.730. The normalized spacial score (nSPS) is 16.9.